The highest BCUT2D eigenvalue weighted by Crippen LogP contribution is 2.33. The molecule has 21 heavy (non-hydrogen) atoms. The van der Waals surface area contributed by atoms with Crippen LogP contribution in [0.5, 0.6) is 0 Å². The number of nitrogens with zero attached hydrogens (tertiary/aromatic N) is 1. The number of hydrogen-bond donors (Lipinski definition) is 1. The van der Waals surface area contributed by atoms with E-state index in [9.17, 15) is 0 Å². The van der Waals surface area contributed by atoms with Crippen LogP contribution in [0.4, 0.5) is 0 Å². The summed E-state index contributed by atoms with van der Waals surface area (Å²) in [5, 5.41) is 0. The fourth-order valence-electron chi connectivity index (χ4n) is 3.37. The predicted octanol–water partition coefficient (Wildman–Crippen LogP) is 3.34. The van der Waals surface area contributed by atoms with Gasteiger partial charge in [-0.15, -0.1) is 0 Å². The second-order valence-electron chi connectivity index (χ2n) is 6.94. The van der Waals surface area contributed by atoms with E-state index in [1.54, 1.807) is 7.11 Å². The molecule has 0 radical (unpaired) electrons. The topological polar surface area (TPSA) is 38.5 Å². The molecule has 1 heterocycles. The Morgan fingerprint density at radius 2 is 2.00 bits per heavy atom. The van der Waals surface area contributed by atoms with Gasteiger partial charge in [0.15, 0.2) is 0 Å². The lowest BCUT2D eigenvalue weighted by Gasteiger charge is -2.32. The third-order valence-electron chi connectivity index (χ3n) is 4.75. The Balaban J connectivity index is 2.19. The van der Waals surface area contributed by atoms with E-state index in [2.05, 4.69) is 43.0 Å². The Labute approximate surface area is 129 Å². The molecule has 1 atom stereocenters. The molecule has 3 heteroatoms. The van der Waals surface area contributed by atoms with Crippen molar-refractivity contribution in [3.63, 3.8) is 0 Å². The van der Waals surface area contributed by atoms with Crippen molar-refractivity contribution in [2.45, 2.75) is 45.8 Å². The maximum atomic E-state index is 6.14. The van der Waals surface area contributed by atoms with Crippen molar-refractivity contribution in [2.75, 3.05) is 26.7 Å². The van der Waals surface area contributed by atoms with Crippen molar-refractivity contribution < 1.29 is 4.74 Å². The number of benzene rings is 1. The van der Waals surface area contributed by atoms with Crippen molar-refractivity contribution in [1.29, 1.82) is 0 Å². The van der Waals surface area contributed by atoms with Crippen LogP contribution in [-0.4, -0.2) is 31.6 Å². The molecule has 3 nitrogen and oxygen atoms in total. The largest absolute Gasteiger partial charge is 0.380 e. The van der Waals surface area contributed by atoms with E-state index < -0.39 is 0 Å². The zero-order chi connectivity index (χ0) is 15.3. The Bertz CT molecular complexity index is 445. The second-order valence-corrected chi connectivity index (χ2v) is 6.94. The van der Waals surface area contributed by atoms with E-state index in [-0.39, 0.29) is 0 Å². The molecule has 1 saturated heterocycles. The molecule has 0 aromatic heterocycles. The summed E-state index contributed by atoms with van der Waals surface area (Å²) < 4.78 is 5.35. The summed E-state index contributed by atoms with van der Waals surface area (Å²) >= 11 is 0. The average molecular weight is 290 g/mol. The molecule has 1 aromatic carbocycles. The average Bonchev–Trinajstić information content (AvgIpc) is 2.63. The molecule has 2 rings (SSSR count). The summed E-state index contributed by atoms with van der Waals surface area (Å²) in [6, 6.07) is 8.87. The molecule has 1 unspecified atom stereocenters. The Hall–Kier alpha value is -0.900. The van der Waals surface area contributed by atoms with Gasteiger partial charge in [0.05, 0.1) is 6.61 Å². The van der Waals surface area contributed by atoms with Crippen LogP contribution in [0.25, 0.3) is 0 Å². The van der Waals surface area contributed by atoms with Gasteiger partial charge in [-0.1, -0.05) is 38.1 Å². The summed E-state index contributed by atoms with van der Waals surface area (Å²) in [5.41, 5.74) is 9.19. The summed E-state index contributed by atoms with van der Waals surface area (Å²) in [5.74, 6) is 0. The highest BCUT2D eigenvalue weighted by atomic mass is 16.5. The van der Waals surface area contributed by atoms with Crippen LogP contribution in [0.2, 0.25) is 0 Å². The molecule has 1 fully saturated rings. The predicted molar refractivity (Wildman–Crippen MR) is 88.2 cm³/mol. The van der Waals surface area contributed by atoms with E-state index in [1.807, 2.05) is 0 Å². The minimum atomic E-state index is 0.310. The molecule has 0 amide bonds. The van der Waals surface area contributed by atoms with Gasteiger partial charge < -0.3 is 10.5 Å². The molecule has 0 bridgehead atoms. The number of likely N-dealkylation sites (tertiary alicyclic amines) is 1. The minimum Gasteiger partial charge on any atom is -0.380 e. The number of ether oxygens (including phenoxy) is 1. The Kier molecular flexibility index (Phi) is 5.80. The molecular weight excluding hydrogens is 260 g/mol. The van der Waals surface area contributed by atoms with Crippen LogP contribution >= 0.6 is 0 Å². The zero-order valence-electron chi connectivity index (χ0n) is 13.8. The van der Waals surface area contributed by atoms with Crippen LogP contribution in [0.3, 0.4) is 0 Å². The minimum absolute atomic E-state index is 0.310. The highest BCUT2D eigenvalue weighted by molar-refractivity contribution is 5.30. The highest BCUT2D eigenvalue weighted by Gasteiger charge is 2.27. The lowest BCUT2D eigenvalue weighted by atomic mass is 9.85. The molecule has 0 saturated carbocycles. The van der Waals surface area contributed by atoms with Crippen LogP contribution < -0.4 is 5.73 Å². The Morgan fingerprint density at radius 3 is 2.71 bits per heavy atom. The fourth-order valence-corrected chi connectivity index (χ4v) is 3.37. The monoisotopic (exact) mass is 290 g/mol. The van der Waals surface area contributed by atoms with Gasteiger partial charge in [-0.05, 0) is 48.9 Å². The van der Waals surface area contributed by atoms with Crippen molar-refractivity contribution in [3.8, 4) is 0 Å². The van der Waals surface area contributed by atoms with Crippen molar-refractivity contribution in [2.24, 2.45) is 11.1 Å². The van der Waals surface area contributed by atoms with Crippen LogP contribution in [-0.2, 0) is 11.3 Å². The summed E-state index contributed by atoms with van der Waals surface area (Å²) in [6.07, 6.45) is 3.81. The number of rotatable bonds is 5. The van der Waals surface area contributed by atoms with Gasteiger partial charge >= 0.3 is 0 Å². The lowest BCUT2D eigenvalue weighted by molar-refractivity contribution is 0.174. The lowest BCUT2D eigenvalue weighted by Crippen LogP contribution is -2.35. The van der Waals surface area contributed by atoms with Crippen molar-refractivity contribution in [3.05, 3.63) is 35.4 Å². The smallest absolute Gasteiger partial charge is 0.0716 e. The number of methoxy groups -OCH3 is 1. The van der Waals surface area contributed by atoms with E-state index >= 15 is 0 Å². The first-order valence-electron chi connectivity index (χ1n) is 8.08. The van der Waals surface area contributed by atoms with Crippen molar-refractivity contribution in [1.82, 2.24) is 4.90 Å². The van der Waals surface area contributed by atoms with Gasteiger partial charge in [-0.25, -0.2) is 0 Å². The van der Waals surface area contributed by atoms with Gasteiger partial charge in [-0.3, -0.25) is 4.90 Å². The Morgan fingerprint density at radius 1 is 1.24 bits per heavy atom. The van der Waals surface area contributed by atoms with E-state index in [0.29, 0.717) is 24.6 Å². The first-order chi connectivity index (χ1) is 10.1. The quantitative estimate of drug-likeness (QED) is 0.904. The maximum Gasteiger partial charge on any atom is 0.0716 e. The first-order valence-corrected chi connectivity index (χ1v) is 8.08. The van der Waals surface area contributed by atoms with Gasteiger partial charge in [-0.2, -0.15) is 0 Å². The van der Waals surface area contributed by atoms with E-state index in [4.69, 9.17) is 10.5 Å². The molecule has 1 aromatic rings. The maximum absolute atomic E-state index is 6.14. The number of hydrogen-bond acceptors (Lipinski definition) is 3. The summed E-state index contributed by atoms with van der Waals surface area (Å²) in [7, 11) is 1.75. The van der Waals surface area contributed by atoms with Crippen LogP contribution in [0.1, 0.15) is 50.3 Å². The second kappa shape index (κ2) is 7.39. The van der Waals surface area contributed by atoms with Crippen LogP contribution in [0.15, 0.2) is 24.3 Å². The standard InChI is InChI=1S/C18H30N2O/c1-18(2)9-6-11-20(12-10-18)17(13-19)16-8-5-4-7-15(16)14-21-3/h4-5,7-8,17H,6,9-14,19H2,1-3H3. The van der Waals surface area contributed by atoms with Gasteiger partial charge in [0, 0.05) is 19.7 Å². The summed E-state index contributed by atoms with van der Waals surface area (Å²) in [4.78, 5) is 2.57. The zero-order valence-corrected chi connectivity index (χ0v) is 13.8. The molecule has 1 aliphatic heterocycles. The molecular formula is C18H30N2O. The fraction of sp³-hybridized carbons (Fsp3) is 0.667. The SMILES string of the molecule is COCc1ccccc1C(CN)N1CCCC(C)(C)CC1. The number of nitrogens with two attached hydrogens (primary N) is 1. The first kappa shape index (κ1) is 16.5. The van der Waals surface area contributed by atoms with Crippen LogP contribution in [0, 0.1) is 5.41 Å². The van der Waals surface area contributed by atoms with Gasteiger partial charge in [0.1, 0.15) is 0 Å². The molecule has 2 N–H and O–H groups in total. The third-order valence-corrected chi connectivity index (χ3v) is 4.75. The molecule has 1 aliphatic rings. The van der Waals surface area contributed by atoms with Gasteiger partial charge in [0.2, 0.25) is 0 Å². The normalized spacial score (nSPS) is 21.0. The molecule has 0 spiro atoms. The molecule has 118 valence electrons. The van der Waals surface area contributed by atoms with E-state index in [0.717, 1.165) is 13.1 Å². The third kappa shape index (κ3) is 4.29. The van der Waals surface area contributed by atoms with E-state index in [1.165, 1.54) is 30.4 Å². The van der Waals surface area contributed by atoms with Crippen molar-refractivity contribution >= 4 is 0 Å². The summed E-state index contributed by atoms with van der Waals surface area (Å²) in [6.45, 7) is 8.37. The van der Waals surface area contributed by atoms with Gasteiger partial charge in [0.25, 0.3) is 0 Å². The molecule has 0 aliphatic carbocycles.